The van der Waals surface area contributed by atoms with Gasteiger partial charge in [-0.2, -0.15) is 0 Å². The first-order chi connectivity index (χ1) is 13.6. The Morgan fingerprint density at radius 1 is 1.07 bits per heavy atom. The third kappa shape index (κ3) is 3.55. The summed E-state index contributed by atoms with van der Waals surface area (Å²) >= 11 is 6.39. The van der Waals surface area contributed by atoms with Gasteiger partial charge < -0.3 is 14.7 Å². The van der Waals surface area contributed by atoms with Crippen LogP contribution in [0.3, 0.4) is 0 Å². The number of aromatic hydroxyl groups is 1. The first-order valence-electron chi connectivity index (χ1n) is 9.52. The minimum absolute atomic E-state index is 0.159. The monoisotopic (exact) mass is 393 g/mol. The lowest BCUT2D eigenvalue weighted by Gasteiger charge is -2.40. The lowest BCUT2D eigenvalue weighted by atomic mass is 9.77. The molecule has 2 atom stereocenters. The Balaban J connectivity index is 1.76. The first-order valence-corrected chi connectivity index (χ1v) is 9.90. The number of nitrogens with zero attached hydrogens (tertiary/aromatic N) is 1. The number of methoxy groups -OCH3 is 1. The molecule has 0 amide bonds. The zero-order valence-electron chi connectivity index (χ0n) is 16.1. The van der Waals surface area contributed by atoms with E-state index >= 15 is 0 Å². The lowest BCUT2D eigenvalue weighted by Crippen LogP contribution is -2.36. The highest BCUT2D eigenvalue weighted by molar-refractivity contribution is 6.30. The second kappa shape index (κ2) is 7.76. The van der Waals surface area contributed by atoms with Gasteiger partial charge in [0.15, 0.2) is 11.5 Å². The zero-order chi connectivity index (χ0) is 19.7. The maximum atomic E-state index is 9.99. The molecule has 0 spiro atoms. The summed E-state index contributed by atoms with van der Waals surface area (Å²) in [5, 5.41) is 10.7. The average Bonchev–Trinajstić information content (AvgIpc) is 2.69. The summed E-state index contributed by atoms with van der Waals surface area (Å²) in [5.74, 6) is 1.23. The molecule has 0 aromatic heterocycles. The van der Waals surface area contributed by atoms with Gasteiger partial charge in [0.2, 0.25) is 0 Å². The summed E-state index contributed by atoms with van der Waals surface area (Å²) in [7, 11) is 1.58. The molecule has 0 fully saturated rings. The van der Waals surface area contributed by atoms with Gasteiger partial charge >= 0.3 is 0 Å². The van der Waals surface area contributed by atoms with Crippen LogP contribution in [-0.2, 0) is 6.54 Å². The van der Waals surface area contributed by atoms with Gasteiger partial charge in [0.05, 0.1) is 7.11 Å². The molecule has 0 aliphatic carbocycles. The van der Waals surface area contributed by atoms with Gasteiger partial charge in [0.1, 0.15) is 0 Å². The van der Waals surface area contributed by atoms with Gasteiger partial charge in [0, 0.05) is 29.7 Å². The molecule has 1 N–H and O–H groups in total. The van der Waals surface area contributed by atoms with Gasteiger partial charge in [-0.25, -0.2) is 0 Å². The van der Waals surface area contributed by atoms with E-state index in [2.05, 4.69) is 48.2 Å². The number of phenolic OH excluding ortho intramolecular Hbond substituents is 1. The number of halogens is 1. The van der Waals surface area contributed by atoms with Crippen molar-refractivity contribution in [1.29, 1.82) is 0 Å². The van der Waals surface area contributed by atoms with Crippen LogP contribution in [0, 0.1) is 5.92 Å². The highest BCUT2D eigenvalue weighted by Crippen LogP contribution is 2.45. The molecule has 0 bridgehead atoms. The Kier molecular flexibility index (Phi) is 5.19. The van der Waals surface area contributed by atoms with Gasteiger partial charge in [-0.1, -0.05) is 54.9 Å². The number of hydrogen-bond donors (Lipinski definition) is 1. The topological polar surface area (TPSA) is 32.7 Å². The maximum Gasteiger partial charge on any atom is 0.160 e. The van der Waals surface area contributed by atoms with Crippen molar-refractivity contribution < 1.29 is 9.84 Å². The van der Waals surface area contributed by atoms with Crippen LogP contribution >= 0.6 is 11.6 Å². The highest BCUT2D eigenvalue weighted by Gasteiger charge is 2.32. The van der Waals surface area contributed by atoms with Crippen molar-refractivity contribution >= 4 is 17.3 Å². The molecule has 4 rings (SSSR count). The molecular formula is C24H24ClNO2. The summed E-state index contributed by atoms with van der Waals surface area (Å²) in [5.41, 5.74) is 4.85. The van der Waals surface area contributed by atoms with E-state index in [1.807, 2.05) is 24.3 Å². The van der Waals surface area contributed by atoms with Gasteiger partial charge in [-0.05, 0) is 52.9 Å². The number of hydrogen-bond acceptors (Lipinski definition) is 3. The minimum Gasteiger partial charge on any atom is -0.504 e. The Morgan fingerprint density at radius 3 is 2.61 bits per heavy atom. The van der Waals surface area contributed by atoms with Crippen LogP contribution in [0.15, 0.2) is 66.7 Å². The molecule has 1 aliphatic rings. The second-order valence-electron chi connectivity index (χ2n) is 7.46. The summed E-state index contributed by atoms with van der Waals surface area (Å²) in [6.07, 6.45) is 0. The quantitative estimate of drug-likeness (QED) is 0.604. The average molecular weight is 394 g/mol. The molecule has 1 aliphatic heterocycles. The van der Waals surface area contributed by atoms with E-state index in [-0.39, 0.29) is 11.7 Å². The summed E-state index contributed by atoms with van der Waals surface area (Å²) in [6.45, 7) is 4.08. The van der Waals surface area contributed by atoms with Crippen LogP contribution in [0.4, 0.5) is 5.69 Å². The molecule has 1 heterocycles. The van der Waals surface area contributed by atoms with E-state index in [1.165, 1.54) is 16.8 Å². The Morgan fingerprint density at radius 2 is 1.86 bits per heavy atom. The number of anilines is 1. The fourth-order valence-corrected chi connectivity index (χ4v) is 4.45. The fraction of sp³-hybridized carbons (Fsp3) is 0.250. The van der Waals surface area contributed by atoms with Crippen molar-refractivity contribution in [3.05, 3.63) is 88.4 Å². The maximum absolute atomic E-state index is 9.99. The van der Waals surface area contributed by atoms with Crippen LogP contribution < -0.4 is 9.64 Å². The van der Waals surface area contributed by atoms with E-state index in [4.69, 9.17) is 16.3 Å². The van der Waals surface area contributed by atoms with Gasteiger partial charge in [0.25, 0.3) is 0 Å². The van der Waals surface area contributed by atoms with E-state index < -0.39 is 0 Å². The second-order valence-corrected chi connectivity index (χ2v) is 7.89. The number of benzene rings is 3. The van der Waals surface area contributed by atoms with Crippen molar-refractivity contribution in [3.8, 4) is 11.5 Å². The smallest absolute Gasteiger partial charge is 0.160 e. The molecule has 3 aromatic rings. The predicted octanol–water partition coefficient (Wildman–Crippen LogP) is 5.84. The number of fused-ring (bicyclic) bond motifs is 1. The highest BCUT2D eigenvalue weighted by atomic mass is 35.5. The van der Waals surface area contributed by atoms with Crippen LogP contribution in [0.2, 0.25) is 5.02 Å². The first kappa shape index (κ1) is 18.7. The van der Waals surface area contributed by atoms with Crippen LogP contribution in [0.1, 0.15) is 29.5 Å². The number of rotatable bonds is 4. The minimum atomic E-state index is 0.159. The Bertz CT molecular complexity index is 974. The summed E-state index contributed by atoms with van der Waals surface area (Å²) < 4.78 is 5.34. The molecule has 0 saturated carbocycles. The third-order valence-corrected chi connectivity index (χ3v) is 5.76. The van der Waals surface area contributed by atoms with E-state index in [0.29, 0.717) is 11.7 Å². The van der Waals surface area contributed by atoms with Crippen molar-refractivity contribution in [3.63, 3.8) is 0 Å². The molecule has 3 nitrogen and oxygen atoms in total. The molecule has 144 valence electrons. The summed E-state index contributed by atoms with van der Waals surface area (Å²) in [4.78, 5) is 2.43. The standard InChI is InChI=1S/C24H24ClNO2/c1-16-14-26(15-17-6-4-3-5-7-17)21-10-9-19(25)13-20(21)24(16)18-8-11-22(27)23(12-18)28-2/h3-13,16,24,27H,14-15H2,1-2H3/t16-,24-/m0/s1. The van der Waals surface area contributed by atoms with Crippen molar-refractivity contribution in [2.45, 2.75) is 19.4 Å². The third-order valence-electron chi connectivity index (χ3n) is 5.52. The van der Waals surface area contributed by atoms with Crippen molar-refractivity contribution in [2.75, 3.05) is 18.6 Å². The van der Waals surface area contributed by atoms with E-state index in [1.54, 1.807) is 13.2 Å². The number of ether oxygens (including phenoxy) is 1. The fourth-order valence-electron chi connectivity index (χ4n) is 4.27. The lowest BCUT2D eigenvalue weighted by molar-refractivity contribution is 0.371. The van der Waals surface area contributed by atoms with Gasteiger partial charge in [-0.15, -0.1) is 0 Å². The Labute approximate surface area is 171 Å². The van der Waals surface area contributed by atoms with Crippen LogP contribution in [0.25, 0.3) is 0 Å². The van der Waals surface area contributed by atoms with Crippen molar-refractivity contribution in [2.24, 2.45) is 5.92 Å². The Hall–Kier alpha value is -2.65. The molecule has 0 unspecified atom stereocenters. The zero-order valence-corrected chi connectivity index (χ0v) is 16.9. The number of phenols is 1. The molecule has 3 aromatic carbocycles. The van der Waals surface area contributed by atoms with Gasteiger partial charge in [-0.3, -0.25) is 0 Å². The molecule has 0 radical (unpaired) electrons. The molecule has 4 heteroatoms. The van der Waals surface area contributed by atoms with E-state index in [0.717, 1.165) is 23.7 Å². The molecule has 0 saturated heterocycles. The molecular weight excluding hydrogens is 370 g/mol. The molecule has 28 heavy (non-hydrogen) atoms. The van der Waals surface area contributed by atoms with Crippen LogP contribution in [-0.4, -0.2) is 18.8 Å². The predicted molar refractivity (Wildman–Crippen MR) is 115 cm³/mol. The largest absolute Gasteiger partial charge is 0.504 e. The SMILES string of the molecule is COc1cc([C@H]2c3cc(Cl)ccc3N(Cc3ccccc3)C[C@@H]2C)ccc1O. The normalized spacial score (nSPS) is 18.6. The van der Waals surface area contributed by atoms with Crippen LogP contribution in [0.5, 0.6) is 11.5 Å². The van der Waals surface area contributed by atoms with Crippen molar-refractivity contribution in [1.82, 2.24) is 0 Å². The summed E-state index contributed by atoms with van der Waals surface area (Å²) in [6, 6.07) is 22.3. The van der Waals surface area contributed by atoms with E-state index in [9.17, 15) is 5.11 Å².